The first-order valence-corrected chi connectivity index (χ1v) is 8.98. The van der Waals surface area contributed by atoms with Gasteiger partial charge in [-0.2, -0.15) is 0 Å². The maximum absolute atomic E-state index is 12.9. The van der Waals surface area contributed by atoms with Gasteiger partial charge in [-0.25, -0.2) is 0 Å². The first-order chi connectivity index (χ1) is 10.6. The van der Waals surface area contributed by atoms with Crippen molar-refractivity contribution in [2.75, 3.05) is 0 Å². The minimum atomic E-state index is -0.0843. The van der Waals surface area contributed by atoms with Crippen molar-refractivity contribution >= 4 is 35.1 Å². The summed E-state index contributed by atoms with van der Waals surface area (Å²) in [5.74, 6) is 2.65. The van der Waals surface area contributed by atoms with Crippen molar-refractivity contribution in [1.29, 1.82) is 0 Å². The number of ketones is 1. The zero-order valence-corrected chi connectivity index (χ0v) is 14.0. The molecule has 0 unspecified atom stereocenters. The molecule has 0 aromatic heterocycles. The number of carbonyl (C=O) groups is 1. The average molecular weight is 335 g/mol. The molecule has 1 nitrogen and oxygen atoms in total. The average Bonchev–Trinajstić information content (AvgIpc) is 2.45. The summed E-state index contributed by atoms with van der Waals surface area (Å²) in [5, 5.41) is 1.20. The first-order valence-electron chi connectivity index (χ1n) is 8.22. The fraction of sp³-hybridized carbons (Fsp3) is 0.526. The largest absolute Gasteiger partial charge is 0.294 e. The molecule has 0 amide bonds. The van der Waals surface area contributed by atoms with Crippen molar-refractivity contribution in [1.82, 2.24) is 0 Å². The Kier molecular flexibility index (Phi) is 3.62. The van der Waals surface area contributed by atoms with Crippen molar-refractivity contribution < 1.29 is 4.79 Å². The summed E-state index contributed by atoms with van der Waals surface area (Å²) in [4.78, 5) is 12.9. The molecule has 4 aliphatic rings. The van der Waals surface area contributed by atoms with Crippen LogP contribution in [0.15, 0.2) is 24.3 Å². The Morgan fingerprint density at radius 1 is 1.00 bits per heavy atom. The second-order valence-electron chi connectivity index (χ2n) is 7.53. The molecule has 0 atom stereocenters. The van der Waals surface area contributed by atoms with Crippen molar-refractivity contribution in [2.24, 2.45) is 23.2 Å². The molecule has 22 heavy (non-hydrogen) atoms. The van der Waals surface area contributed by atoms with Crippen molar-refractivity contribution in [3.05, 3.63) is 39.9 Å². The van der Waals surface area contributed by atoms with Gasteiger partial charge in [-0.05, 0) is 80.6 Å². The molecule has 1 aromatic carbocycles. The Labute approximate surface area is 141 Å². The van der Waals surface area contributed by atoms with Crippen LogP contribution in [-0.4, -0.2) is 5.78 Å². The second kappa shape index (κ2) is 5.39. The molecule has 1 aromatic rings. The number of carbonyl (C=O) groups excluding carboxylic acids is 1. The summed E-state index contributed by atoms with van der Waals surface area (Å²) in [7, 11) is 0. The smallest absolute Gasteiger partial charge is 0.161 e. The standard InChI is InChI=1S/C19H20Cl2O/c20-16-2-1-3-17(21)15(16)4-5-18(22)19-9-12-6-13(10-19)8-14(7-12)11-19/h1-5,12-14H,6-11H2/b5-4+. The van der Waals surface area contributed by atoms with E-state index in [2.05, 4.69) is 0 Å². The summed E-state index contributed by atoms with van der Waals surface area (Å²) >= 11 is 12.4. The number of hydrogen-bond acceptors (Lipinski definition) is 1. The van der Waals surface area contributed by atoms with E-state index in [1.807, 2.05) is 24.3 Å². The van der Waals surface area contributed by atoms with E-state index in [9.17, 15) is 4.79 Å². The monoisotopic (exact) mass is 334 g/mol. The highest BCUT2D eigenvalue weighted by atomic mass is 35.5. The molecule has 5 rings (SSSR count). The third-order valence-corrected chi connectivity index (χ3v) is 6.62. The van der Waals surface area contributed by atoms with E-state index in [0.717, 1.165) is 42.6 Å². The van der Waals surface area contributed by atoms with Gasteiger partial charge in [-0.15, -0.1) is 0 Å². The van der Waals surface area contributed by atoms with E-state index in [0.29, 0.717) is 15.8 Å². The zero-order chi connectivity index (χ0) is 15.3. The lowest BCUT2D eigenvalue weighted by molar-refractivity contribution is -0.138. The molecule has 4 saturated carbocycles. The molecular weight excluding hydrogens is 315 g/mol. The van der Waals surface area contributed by atoms with E-state index in [-0.39, 0.29) is 5.41 Å². The van der Waals surface area contributed by atoms with Crippen molar-refractivity contribution in [3.8, 4) is 0 Å². The maximum atomic E-state index is 12.9. The van der Waals surface area contributed by atoms with Gasteiger partial charge in [0.2, 0.25) is 0 Å². The minimum absolute atomic E-state index is 0.0843. The van der Waals surface area contributed by atoms with Crippen LogP contribution in [0.25, 0.3) is 6.08 Å². The van der Waals surface area contributed by atoms with Crippen LogP contribution >= 0.6 is 23.2 Å². The zero-order valence-electron chi connectivity index (χ0n) is 12.5. The molecule has 4 aliphatic carbocycles. The lowest BCUT2D eigenvalue weighted by Gasteiger charge is -2.55. The van der Waals surface area contributed by atoms with Crippen LogP contribution in [0.1, 0.15) is 44.1 Å². The first kappa shape index (κ1) is 14.8. The van der Waals surface area contributed by atoms with Gasteiger partial charge in [0.25, 0.3) is 0 Å². The fourth-order valence-corrected chi connectivity index (χ4v) is 5.94. The Balaban J connectivity index is 1.59. The van der Waals surface area contributed by atoms with E-state index < -0.39 is 0 Å². The van der Waals surface area contributed by atoms with Crippen LogP contribution in [0.2, 0.25) is 10.0 Å². The highest BCUT2D eigenvalue weighted by Gasteiger charge is 2.53. The van der Waals surface area contributed by atoms with Crippen LogP contribution in [-0.2, 0) is 4.79 Å². The maximum Gasteiger partial charge on any atom is 0.161 e. The van der Waals surface area contributed by atoms with Gasteiger partial charge >= 0.3 is 0 Å². The van der Waals surface area contributed by atoms with Gasteiger partial charge in [0.1, 0.15) is 0 Å². The predicted molar refractivity (Wildman–Crippen MR) is 91.1 cm³/mol. The molecule has 3 heteroatoms. The van der Waals surface area contributed by atoms with Crippen molar-refractivity contribution in [3.63, 3.8) is 0 Å². The molecule has 0 radical (unpaired) electrons. The summed E-state index contributed by atoms with van der Waals surface area (Å²) in [6, 6.07) is 5.44. The third-order valence-electron chi connectivity index (χ3n) is 5.96. The number of halogens is 2. The lowest BCUT2D eigenvalue weighted by Crippen LogP contribution is -2.49. The van der Waals surface area contributed by atoms with Gasteiger partial charge in [0.05, 0.1) is 0 Å². The topological polar surface area (TPSA) is 17.1 Å². The van der Waals surface area contributed by atoms with Gasteiger partial charge in [-0.3, -0.25) is 4.79 Å². The molecule has 0 spiro atoms. The predicted octanol–water partition coefficient (Wildman–Crippen LogP) is 5.79. The Hall–Kier alpha value is -0.790. The highest BCUT2D eigenvalue weighted by molar-refractivity contribution is 6.37. The van der Waals surface area contributed by atoms with Crippen LogP contribution in [0, 0.1) is 23.2 Å². The van der Waals surface area contributed by atoms with Crippen LogP contribution in [0.3, 0.4) is 0 Å². The Bertz CT molecular complexity index is 591. The normalized spacial score (nSPS) is 36.2. The molecule has 0 saturated heterocycles. The van der Waals surface area contributed by atoms with Crippen molar-refractivity contribution in [2.45, 2.75) is 38.5 Å². The molecule has 4 fully saturated rings. The van der Waals surface area contributed by atoms with Gasteiger partial charge in [0, 0.05) is 21.0 Å². The summed E-state index contributed by atoms with van der Waals surface area (Å²) in [6.45, 7) is 0. The number of benzene rings is 1. The third kappa shape index (κ3) is 2.43. The quantitative estimate of drug-likeness (QED) is 0.639. The van der Waals surface area contributed by atoms with Crippen LogP contribution in [0.4, 0.5) is 0 Å². The van der Waals surface area contributed by atoms with E-state index in [1.165, 1.54) is 19.3 Å². The second-order valence-corrected chi connectivity index (χ2v) is 8.35. The number of rotatable bonds is 3. The Morgan fingerprint density at radius 2 is 1.50 bits per heavy atom. The summed E-state index contributed by atoms with van der Waals surface area (Å²) in [6.07, 6.45) is 10.9. The van der Waals surface area contributed by atoms with Gasteiger partial charge in [-0.1, -0.05) is 29.3 Å². The van der Waals surface area contributed by atoms with Gasteiger partial charge < -0.3 is 0 Å². The van der Waals surface area contributed by atoms with Crippen LogP contribution in [0.5, 0.6) is 0 Å². The fourth-order valence-electron chi connectivity index (χ4n) is 5.42. The highest BCUT2D eigenvalue weighted by Crippen LogP contribution is 2.60. The Morgan fingerprint density at radius 3 is 2.00 bits per heavy atom. The molecule has 4 bridgehead atoms. The van der Waals surface area contributed by atoms with Crippen LogP contribution < -0.4 is 0 Å². The van der Waals surface area contributed by atoms with E-state index in [4.69, 9.17) is 23.2 Å². The van der Waals surface area contributed by atoms with Gasteiger partial charge in [0.15, 0.2) is 5.78 Å². The SMILES string of the molecule is O=C(/C=C/c1c(Cl)cccc1Cl)C12CC3CC(CC(C3)C1)C2. The molecule has 0 N–H and O–H groups in total. The molecule has 0 aliphatic heterocycles. The van der Waals surface area contributed by atoms with E-state index in [1.54, 1.807) is 6.08 Å². The summed E-state index contributed by atoms with van der Waals surface area (Å²) in [5.41, 5.74) is 0.669. The molecule has 0 heterocycles. The number of allylic oxidation sites excluding steroid dienone is 1. The lowest BCUT2D eigenvalue weighted by atomic mass is 9.48. The number of hydrogen-bond donors (Lipinski definition) is 0. The summed E-state index contributed by atoms with van der Waals surface area (Å²) < 4.78 is 0. The van der Waals surface area contributed by atoms with E-state index >= 15 is 0 Å². The molecular formula is C19H20Cl2O. The molecule has 116 valence electrons. The minimum Gasteiger partial charge on any atom is -0.294 e.